The van der Waals surface area contributed by atoms with Crippen LogP contribution in [0.1, 0.15) is 20.8 Å². The van der Waals surface area contributed by atoms with Crippen molar-refractivity contribution in [2.75, 3.05) is 26.3 Å². The molecule has 0 aromatic rings. The van der Waals surface area contributed by atoms with Gasteiger partial charge in [0.2, 0.25) is 0 Å². The molecule has 6 nitrogen and oxygen atoms in total. The molecule has 0 aliphatic rings. The van der Waals surface area contributed by atoms with Crippen LogP contribution < -0.4 is 10.6 Å². The van der Waals surface area contributed by atoms with E-state index >= 15 is 0 Å². The highest BCUT2D eigenvalue weighted by Crippen LogP contribution is 1.97. The molecule has 0 radical (unpaired) electrons. The summed E-state index contributed by atoms with van der Waals surface area (Å²) >= 11 is 0. The minimum Gasteiger partial charge on any atom is -0.449 e. The predicted molar refractivity (Wildman–Crippen MR) is 59.2 cm³/mol. The van der Waals surface area contributed by atoms with Gasteiger partial charge in [-0.05, 0) is 13.8 Å². The van der Waals surface area contributed by atoms with Gasteiger partial charge < -0.3 is 20.1 Å². The van der Waals surface area contributed by atoms with Gasteiger partial charge in [0.15, 0.2) is 0 Å². The van der Waals surface area contributed by atoms with E-state index in [9.17, 15) is 9.59 Å². The lowest BCUT2D eigenvalue weighted by Gasteiger charge is -2.12. The normalized spacial score (nSPS) is 9.75. The van der Waals surface area contributed by atoms with E-state index in [-0.39, 0.29) is 19.1 Å². The summed E-state index contributed by atoms with van der Waals surface area (Å²) in [5.74, 6) is -0.0230. The monoisotopic (exact) mass is 232 g/mol. The number of amides is 2. The van der Waals surface area contributed by atoms with Crippen molar-refractivity contribution in [3.8, 4) is 0 Å². The van der Waals surface area contributed by atoms with Gasteiger partial charge in [-0.15, -0.1) is 0 Å². The fraction of sp³-hybridized carbons (Fsp3) is 0.800. The van der Waals surface area contributed by atoms with Crippen LogP contribution >= 0.6 is 0 Å². The molecule has 0 aromatic heterocycles. The van der Waals surface area contributed by atoms with Gasteiger partial charge in [0.05, 0.1) is 13.2 Å². The molecular weight excluding hydrogens is 212 g/mol. The summed E-state index contributed by atoms with van der Waals surface area (Å²) in [5.41, 5.74) is 0. The predicted octanol–water partition coefficient (Wildman–Crippen LogP) is 1.11. The van der Waals surface area contributed by atoms with Crippen molar-refractivity contribution in [3.63, 3.8) is 0 Å². The van der Waals surface area contributed by atoms with E-state index in [1.165, 1.54) is 0 Å². The summed E-state index contributed by atoms with van der Waals surface area (Å²) in [6, 6.07) is 0. The summed E-state index contributed by atoms with van der Waals surface area (Å²) < 4.78 is 9.75. The third kappa shape index (κ3) is 7.90. The van der Waals surface area contributed by atoms with Crippen LogP contribution in [-0.4, -0.2) is 38.5 Å². The Bertz CT molecular complexity index is 199. The van der Waals surface area contributed by atoms with Gasteiger partial charge in [0, 0.05) is 19.0 Å². The zero-order chi connectivity index (χ0) is 12.4. The molecule has 0 saturated heterocycles. The lowest BCUT2D eigenvalue weighted by atomic mass is 10.2. The largest absolute Gasteiger partial charge is 0.449 e. The quantitative estimate of drug-likeness (QED) is 0.719. The number of rotatable bonds is 6. The summed E-state index contributed by atoms with van der Waals surface area (Å²) in [6.07, 6.45) is -0.903. The lowest BCUT2D eigenvalue weighted by molar-refractivity contribution is 0.0918. The molecule has 0 aliphatic carbocycles. The maximum absolute atomic E-state index is 10.9. The number of hydrogen-bond donors (Lipinski definition) is 2. The van der Waals surface area contributed by atoms with Crippen LogP contribution in [0.2, 0.25) is 0 Å². The van der Waals surface area contributed by atoms with Crippen molar-refractivity contribution in [2.24, 2.45) is 5.92 Å². The average Bonchev–Trinajstić information content (AvgIpc) is 2.24. The number of ether oxygens (including phenoxy) is 2. The average molecular weight is 232 g/mol. The molecule has 0 unspecified atom stereocenters. The topological polar surface area (TPSA) is 76.7 Å². The van der Waals surface area contributed by atoms with E-state index in [2.05, 4.69) is 10.6 Å². The zero-order valence-electron chi connectivity index (χ0n) is 10.0. The third-order valence-electron chi connectivity index (χ3n) is 1.64. The summed E-state index contributed by atoms with van der Waals surface area (Å²) in [5, 5.41) is 5.01. The number of carbonyl (C=O) groups excluding carboxylic acids is 2. The molecule has 2 N–H and O–H groups in total. The Balaban J connectivity index is 3.54. The molecule has 0 rings (SSSR count). The first-order valence-corrected chi connectivity index (χ1v) is 5.41. The summed E-state index contributed by atoms with van der Waals surface area (Å²) in [6.45, 7) is 6.96. The second kappa shape index (κ2) is 8.82. The highest BCUT2D eigenvalue weighted by Gasteiger charge is 2.09. The van der Waals surface area contributed by atoms with Crippen LogP contribution in [0.5, 0.6) is 0 Å². The van der Waals surface area contributed by atoms with E-state index in [1.807, 2.05) is 20.8 Å². The lowest BCUT2D eigenvalue weighted by Crippen LogP contribution is -2.29. The van der Waals surface area contributed by atoms with Gasteiger partial charge in [0.1, 0.15) is 0 Å². The Morgan fingerprint density at radius 1 is 1.00 bits per heavy atom. The number of carbonyl (C=O) groups is 2. The van der Waals surface area contributed by atoms with E-state index in [0.717, 1.165) is 0 Å². The maximum Gasteiger partial charge on any atom is 0.407 e. The van der Waals surface area contributed by atoms with Gasteiger partial charge in [-0.1, -0.05) is 6.92 Å². The van der Waals surface area contributed by atoms with Crippen molar-refractivity contribution < 1.29 is 19.1 Å². The molecule has 2 amide bonds. The molecule has 94 valence electrons. The van der Waals surface area contributed by atoms with Crippen LogP contribution in [0.4, 0.5) is 9.59 Å². The molecule has 0 heterocycles. The number of nitrogens with one attached hydrogen (secondary N) is 2. The number of hydrogen-bond acceptors (Lipinski definition) is 4. The molecular formula is C10H20N2O4. The molecule has 0 aromatic carbocycles. The summed E-state index contributed by atoms with van der Waals surface area (Å²) in [7, 11) is 0. The fourth-order valence-corrected chi connectivity index (χ4v) is 0.875. The second-order valence-corrected chi connectivity index (χ2v) is 3.36. The van der Waals surface area contributed by atoms with Crippen molar-refractivity contribution in [1.29, 1.82) is 0 Å². The minimum atomic E-state index is -0.452. The molecule has 0 spiro atoms. The first-order valence-electron chi connectivity index (χ1n) is 5.41. The molecule has 6 heteroatoms. The van der Waals surface area contributed by atoms with Crippen LogP contribution in [0.25, 0.3) is 0 Å². The standard InChI is InChI=1S/C10H20N2O4/c1-4-11-9(13)15-6-8(3)7-16-10(14)12-5-2/h8H,4-7H2,1-3H3,(H,11,13)(H,12,14). The molecule has 0 saturated carbocycles. The van der Waals surface area contributed by atoms with E-state index < -0.39 is 12.2 Å². The Morgan fingerprint density at radius 2 is 1.38 bits per heavy atom. The Hall–Kier alpha value is -1.46. The zero-order valence-corrected chi connectivity index (χ0v) is 10.0. The van der Waals surface area contributed by atoms with Gasteiger partial charge >= 0.3 is 12.2 Å². The smallest absolute Gasteiger partial charge is 0.407 e. The highest BCUT2D eigenvalue weighted by atomic mass is 16.6. The molecule has 0 aliphatic heterocycles. The Kier molecular flexibility index (Phi) is 8.01. The maximum atomic E-state index is 10.9. The minimum absolute atomic E-state index is 0.0230. The van der Waals surface area contributed by atoms with Crippen LogP contribution in [-0.2, 0) is 9.47 Å². The molecule has 0 fully saturated rings. The first kappa shape index (κ1) is 14.5. The Labute approximate surface area is 95.7 Å². The van der Waals surface area contributed by atoms with Gasteiger partial charge in [-0.2, -0.15) is 0 Å². The van der Waals surface area contributed by atoms with Gasteiger partial charge in [-0.3, -0.25) is 0 Å². The number of alkyl carbamates (subject to hydrolysis) is 2. The fourth-order valence-electron chi connectivity index (χ4n) is 0.875. The third-order valence-corrected chi connectivity index (χ3v) is 1.64. The van der Waals surface area contributed by atoms with Crippen molar-refractivity contribution >= 4 is 12.2 Å². The van der Waals surface area contributed by atoms with Gasteiger partial charge in [-0.25, -0.2) is 9.59 Å². The van der Waals surface area contributed by atoms with E-state index in [1.54, 1.807) is 0 Å². The molecule has 16 heavy (non-hydrogen) atoms. The van der Waals surface area contributed by atoms with Crippen LogP contribution in [0, 0.1) is 5.92 Å². The van der Waals surface area contributed by atoms with Gasteiger partial charge in [0.25, 0.3) is 0 Å². The van der Waals surface area contributed by atoms with Crippen LogP contribution in [0.3, 0.4) is 0 Å². The van der Waals surface area contributed by atoms with Crippen molar-refractivity contribution in [1.82, 2.24) is 10.6 Å². The SMILES string of the molecule is CCNC(=O)OCC(C)COC(=O)NCC. The highest BCUT2D eigenvalue weighted by molar-refractivity contribution is 5.67. The van der Waals surface area contributed by atoms with Crippen LogP contribution in [0.15, 0.2) is 0 Å². The second-order valence-electron chi connectivity index (χ2n) is 3.36. The van der Waals surface area contributed by atoms with E-state index in [0.29, 0.717) is 13.1 Å². The van der Waals surface area contributed by atoms with Crippen molar-refractivity contribution in [3.05, 3.63) is 0 Å². The first-order chi connectivity index (χ1) is 7.60. The molecule has 0 atom stereocenters. The Morgan fingerprint density at radius 3 is 1.69 bits per heavy atom. The van der Waals surface area contributed by atoms with Crippen molar-refractivity contribution in [2.45, 2.75) is 20.8 Å². The molecule has 0 bridgehead atoms. The van der Waals surface area contributed by atoms with E-state index in [4.69, 9.17) is 9.47 Å². The summed E-state index contributed by atoms with van der Waals surface area (Å²) in [4.78, 5) is 21.9.